The molecule has 2 amide bonds. The normalized spacial score (nSPS) is 16.7. The number of benzene rings is 2. The van der Waals surface area contributed by atoms with Gasteiger partial charge in [0, 0.05) is 41.3 Å². The number of nitrogens with zero attached hydrogens (tertiary/aromatic N) is 1. The summed E-state index contributed by atoms with van der Waals surface area (Å²) in [5, 5.41) is 11.6. The molecule has 32 heavy (non-hydrogen) atoms. The Balaban J connectivity index is 1.42. The summed E-state index contributed by atoms with van der Waals surface area (Å²) in [6, 6.07) is 14.6. The van der Waals surface area contributed by atoms with E-state index >= 15 is 0 Å². The van der Waals surface area contributed by atoms with Gasteiger partial charge in [-0.15, -0.1) is 0 Å². The SMILES string of the molecule is O=C(O)CC(NC(=O)OCC1c2ccccc2-c2ccccc21)C(=O)N1CCS(=O)CC1. The summed E-state index contributed by atoms with van der Waals surface area (Å²) in [6.45, 7) is 0.610. The highest BCUT2D eigenvalue weighted by molar-refractivity contribution is 7.85. The lowest BCUT2D eigenvalue weighted by Gasteiger charge is -2.29. The Bertz CT molecular complexity index is 1020. The second-order valence-corrected chi connectivity index (χ2v) is 9.49. The van der Waals surface area contributed by atoms with Crippen molar-refractivity contribution in [3.63, 3.8) is 0 Å². The molecule has 1 aliphatic heterocycles. The number of nitrogens with one attached hydrogen (secondary N) is 1. The van der Waals surface area contributed by atoms with Crippen LogP contribution < -0.4 is 5.32 Å². The van der Waals surface area contributed by atoms with Crippen LogP contribution in [-0.2, 0) is 25.1 Å². The summed E-state index contributed by atoms with van der Waals surface area (Å²) in [4.78, 5) is 38.0. The fourth-order valence-corrected chi connectivity index (χ4v) is 5.29. The van der Waals surface area contributed by atoms with Gasteiger partial charge in [0.15, 0.2) is 0 Å². The smallest absolute Gasteiger partial charge is 0.407 e. The van der Waals surface area contributed by atoms with Crippen molar-refractivity contribution in [3.8, 4) is 11.1 Å². The van der Waals surface area contributed by atoms with E-state index in [2.05, 4.69) is 5.32 Å². The molecule has 2 aromatic carbocycles. The number of carbonyl (C=O) groups excluding carboxylic acids is 2. The van der Waals surface area contributed by atoms with Gasteiger partial charge in [-0.3, -0.25) is 13.8 Å². The predicted molar refractivity (Wildman–Crippen MR) is 119 cm³/mol. The molecule has 1 atom stereocenters. The molecule has 0 bridgehead atoms. The molecule has 1 fully saturated rings. The molecule has 1 unspecified atom stereocenters. The minimum absolute atomic E-state index is 0.0660. The van der Waals surface area contributed by atoms with Crippen LogP contribution in [0.1, 0.15) is 23.5 Å². The molecule has 9 heteroatoms. The summed E-state index contributed by atoms with van der Waals surface area (Å²) in [7, 11) is -0.975. The maximum Gasteiger partial charge on any atom is 0.407 e. The van der Waals surface area contributed by atoms with Crippen LogP contribution in [0.3, 0.4) is 0 Å². The molecule has 0 radical (unpaired) electrons. The minimum atomic E-state index is -1.24. The third-order valence-electron chi connectivity index (χ3n) is 5.80. The average molecular weight is 457 g/mol. The van der Waals surface area contributed by atoms with Gasteiger partial charge >= 0.3 is 12.1 Å². The van der Waals surface area contributed by atoms with Crippen LogP contribution in [0, 0.1) is 0 Å². The number of amides is 2. The topological polar surface area (TPSA) is 113 Å². The highest BCUT2D eigenvalue weighted by Gasteiger charge is 2.32. The Morgan fingerprint density at radius 2 is 1.59 bits per heavy atom. The van der Waals surface area contributed by atoms with Crippen LogP contribution in [0.4, 0.5) is 4.79 Å². The van der Waals surface area contributed by atoms with E-state index in [1.165, 1.54) is 4.90 Å². The number of rotatable bonds is 6. The Kier molecular flexibility index (Phi) is 6.55. The highest BCUT2D eigenvalue weighted by atomic mass is 32.2. The summed E-state index contributed by atoms with van der Waals surface area (Å²) < 4.78 is 17.0. The van der Waals surface area contributed by atoms with Crippen molar-refractivity contribution in [2.45, 2.75) is 18.4 Å². The summed E-state index contributed by atoms with van der Waals surface area (Å²) in [5.74, 6) is -1.16. The van der Waals surface area contributed by atoms with E-state index < -0.39 is 41.2 Å². The third-order valence-corrected chi connectivity index (χ3v) is 7.08. The van der Waals surface area contributed by atoms with Crippen molar-refractivity contribution in [2.75, 3.05) is 31.2 Å². The molecule has 0 saturated carbocycles. The molecule has 1 aliphatic carbocycles. The van der Waals surface area contributed by atoms with Crippen LogP contribution in [0.2, 0.25) is 0 Å². The summed E-state index contributed by atoms with van der Waals surface area (Å²) >= 11 is 0. The van der Waals surface area contributed by atoms with Crippen molar-refractivity contribution in [3.05, 3.63) is 59.7 Å². The predicted octanol–water partition coefficient (Wildman–Crippen LogP) is 1.96. The van der Waals surface area contributed by atoms with Gasteiger partial charge in [0.25, 0.3) is 0 Å². The second-order valence-electron chi connectivity index (χ2n) is 7.79. The Morgan fingerprint density at radius 1 is 1.03 bits per heavy atom. The Hall–Kier alpha value is -3.20. The van der Waals surface area contributed by atoms with Crippen LogP contribution in [0.15, 0.2) is 48.5 Å². The van der Waals surface area contributed by atoms with Gasteiger partial charge in [-0.1, -0.05) is 48.5 Å². The highest BCUT2D eigenvalue weighted by Crippen LogP contribution is 2.44. The first kappa shape index (κ1) is 22.0. The molecule has 0 spiro atoms. The molecule has 4 rings (SSSR count). The van der Waals surface area contributed by atoms with Gasteiger partial charge in [-0.25, -0.2) is 4.79 Å². The summed E-state index contributed by atoms with van der Waals surface area (Å²) in [6.07, 6.45) is -1.39. The van der Waals surface area contributed by atoms with Crippen molar-refractivity contribution in [1.82, 2.24) is 10.2 Å². The van der Waals surface area contributed by atoms with Crippen molar-refractivity contribution in [1.29, 1.82) is 0 Å². The maximum atomic E-state index is 12.8. The molecular formula is C23H24N2O6S. The van der Waals surface area contributed by atoms with Gasteiger partial charge in [0.2, 0.25) is 5.91 Å². The van der Waals surface area contributed by atoms with E-state index in [1.807, 2.05) is 48.5 Å². The third kappa shape index (κ3) is 4.67. The Morgan fingerprint density at radius 3 is 2.16 bits per heavy atom. The van der Waals surface area contributed by atoms with E-state index in [1.54, 1.807) is 0 Å². The second kappa shape index (κ2) is 9.52. The number of hydrogen-bond acceptors (Lipinski definition) is 5. The Labute approximate surface area is 188 Å². The lowest BCUT2D eigenvalue weighted by atomic mass is 9.98. The number of aliphatic carboxylic acids is 1. The van der Waals surface area contributed by atoms with Crippen LogP contribution in [0.25, 0.3) is 11.1 Å². The fraction of sp³-hybridized carbons (Fsp3) is 0.348. The van der Waals surface area contributed by atoms with E-state index in [4.69, 9.17) is 4.74 Å². The molecule has 8 nitrogen and oxygen atoms in total. The van der Waals surface area contributed by atoms with E-state index in [-0.39, 0.29) is 25.6 Å². The zero-order valence-corrected chi connectivity index (χ0v) is 18.2. The monoisotopic (exact) mass is 456 g/mol. The zero-order valence-electron chi connectivity index (χ0n) is 17.4. The van der Waals surface area contributed by atoms with E-state index in [0.29, 0.717) is 11.5 Å². The minimum Gasteiger partial charge on any atom is -0.481 e. The molecule has 1 saturated heterocycles. The van der Waals surface area contributed by atoms with Gasteiger partial charge in [-0.05, 0) is 22.3 Å². The first-order chi connectivity index (χ1) is 15.4. The van der Waals surface area contributed by atoms with Gasteiger partial charge in [-0.2, -0.15) is 0 Å². The lowest BCUT2D eigenvalue weighted by molar-refractivity contribution is -0.142. The first-order valence-corrected chi connectivity index (χ1v) is 11.9. The number of carboxylic acids is 1. The molecule has 1 heterocycles. The standard InChI is InChI=1S/C23H24N2O6S/c26-21(27)13-20(22(28)25-9-11-32(30)12-10-25)24-23(29)31-14-19-17-7-3-1-5-15(17)16-6-2-4-8-18(16)19/h1-8,19-20H,9-14H2,(H,24,29)(H,26,27). The fourth-order valence-electron chi connectivity index (χ4n) is 4.24. The number of fused-ring (bicyclic) bond motifs is 3. The summed E-state index contributed by atoms with van der Waals surface area (Å²) in [5.41, 5.74) is 4.30. The average Bonchev–Trinajstić information content (AvgIpc) is 3.11. The van der Waals surface area contributed by atoms with Gasteiger partial charge < -0.3 is 20.1 Å². The maximum absolute atomic E-state index is 12.8. The van der Waals surface area contributed by atoms with E-state index in [9.17, 15) is 23.7 Å². The lowest BCUT2D eigenvalue weighted by Crippen LogP contribution is -2.53. The van der Waals surface area contributed by atoms with Crippen molar-refractivity contribution >= 4 is 28.8 Å². The number of hydrogen-bond donors (Lipinski definition) is 2. The molecule has 2 aliphatic rings. The van der Waals surface area contributed by atoms with E-state index in [0.717, 1.165) is 22.3 Å². The number of alkyl carbamates (subject to hydrolysis) is 1. The zero-order chi connectivity index (χ0) is 22.7. The molecular weight excluding hydrogens is 432 g/mol. The van der Waals surface area contributed by atoms with Crippen molar-refractivity contribution in [2.24, 2.45) is 0 Å². The van der Waals surface area contributed by atoms with Crippen LogP contribution >= 0.6 is 0 Å². The van der Waals surface area contributed by atoms with Crippen molar-refractivity contribution < 1.29 is 28.4 Å². The van der Waals surface area contributed by atoms with Gasteiger partial charge in [0.05, 0.1) is 6.42 Å². The molecule has 2 N–H and O–H groups in total. The van der Waals surface area contributed by atoms with Crippen LogP contribution in [0.5, 0.6) is 0 Å². The molecule has 168 valence electrons. The quantitative estimate of drug-likeness (QED) is 0.687. The number of carboxylic acid groups (broad SMARTS) is 1. The molecule has 0 aromatic heterocycles. The number of ether oxygens (including phenoxy) is 1. The van der Waals surface area contributed by atoms with Crippen LogP contribution in [-0.4, -0.2) is 69.4 Å². The van der Waals surface area contributed by atoms with Gasteiger partial charge in [0.1, 0.15) is 12.6 Å². The number of carbonyl (C=O) groups is 3. The largest absolute Gasteiger partial charge is 0.481 e. The first-order valence-electron chi connectivity index (χ1n) is 10.4. The molecule has 2 aromatic rings.